The molecule has 3 N–H and O–H groups in total. The van der Waals surface area contributed by atoms with Crippen molar-refractivity contribution in [2.45, 2.75) is 49.1 Å². The van der Waals surface area contributed by atoms with Crippen LogP contribution in [0.25, 0.3) is 0 Å². The highest BCUT2D eigenvalue weighted by atomic mass is 32.2. The number of amides is 2. The van der Waals surface area contributed by atoms with Gasteiger partial charge in [-0.05, 0) is 5.92 Å². The third-order valence-electron chi connectivity index (χ3n) is 4.00. The van der Waals surface area contributed by atoms with E-state index >= 15 is 0 Å². The SMILES string of the molecule is CC(C)[C@H](NC(=O)CC(Cc1nnc(S(C)(=O)=O)o1)c1nnc(S(C)(=O)=O)o1)C(N)=O. The fourth-order valence-corrected chi connectivity index (χ4v) is 3.35. The molecular weight excluding hydrogens is 456 g/mol. The quantitative estimate of drug-likeness (QED) is 0.403. The molecular formula is C15H22N6O8S2. The zero-order chi connectivity index (χ0) is 23.6. The fourth-order valence-electron chi connectivity index (χ4n) is 2.49. The van der Waals surface area contributed by atoms with Crippen molar-refractivity contribution < 1.29 is 35.3 Å². The lowest BCUT2D eigenvalue weighted by molar-refractivity contribution is -0.128. The second-order valence-corrected chi connectivity index (χ2v) is 11.0. The van der Waals surface area contributed by atoms with Gasteiger partial charge < -0.3 is 19.9 Å². The lowest BCUT2D eigenvalue weighted by Gasteiger charge is -2.20. The van der Waals surface area contributed by atoms with Gasteiger partial charge in [0.25, 0.3) is 0 Å². The average Bonchev–Trinajstić information content (AvgIpc) is 3.27. The van der Waals surface area contributed by atoms with Crippen molar-refractivity contribution in [2.24, 2.45) is 11.7 Å². The summed E-state index contributed by atoms with van der Waals surface area (Å²) < 4.78 is 56.6. The zero-order valence-electron chi connectivity index (χ0n) is 17.1. The lowest BCUT2D eigenvalue weighted by Crippen LogP contribution is -2.48. The molecule has 0 saturated carbocycles. The van der Waals surface area contributed by atoms with E-state index in [1.54, 1.807) is 13.8 Å². The second kappa shape index (κ2) is 9.09. The van der Waals surface area contributed by atoms with Gasteiger partial charge in [-0.25, -0.2) is 16.8 Å². The summed E-state index contributed by atoms with van der Waals surface area (Å²) in [7, 11) is -7.56. The summed E-state index contributed by atoms with van der Waals surface area (Å²) in [5.74, 6) is -2.98. The van der Waals surface area contributed by atoms with Crippen LogP contribution in [0.1, 0.15) is 38.0 Å². The number of nitrogens with zero attached hydrogens (tertiary/aromatic N) is 4. The molecule has 31 heavy (non-hydrogen) atoms. The van der Waals surface area contributed by atoms with Gasteiger partial charge in [0.1, 0.15) is 6.04 Å². The summed E-state index contributed by atoms with van der Waals surface area (Å²) in [6.45, 7) is 3.38. The minimum atomic E-state index is -3.81. The maximum atomic E-state index is 12.5. The summed E-state index contributed by atoms with van der Waals surface area (Å²) >= 11 is 0. The van der Waals surface area contributed by atoms with Crippen LogP contribution in [0.3, 0.4) is 0 Å². The topological polar surface area (TPSA) is 218 Å². The standard InChI is InChI=1S/C15H22N6O8S2/c1-7(2)11(12(16)23)17-9(22)5-8(13-19-21-15(29-13)31(4,26)27)6-10-18-20-14(28-10)30(3,24)25/h7-8,11H,5-6H2,1-4H3,(H2,16,23)(H,17,22)/t8?,11-/m0/s1. The number of hydrogen-bond acceptors (Lipinski definition) is 12. The first kappa shape index (κ1) is 24.4. The van der Waals surface area contributed by atoms with Crippen LogP contribution < -0.4 is 11.1 Å². The Labute approximate surface area is 177 Å². The van der Waals surface area contributed by atoms with Crippen molar-refractivity contribution in [3.8, 4) is 0 Å². The molecule has 16 heteroatoms. The van der Waals surface area contributed by atoms with Gasteiger partial charge in [-0.2, -0.15) is 0 Å². The van der Waals surface area contributed by atoms with Crippen molar-refractivity contribution in [1.29, 1.82) is 0 Å². The molecule has 172 valence electrons. The first-order chi connectivity index (χ1) is 14.2. The van der Waals surface area contributed by atoms with Crippen molar-refractivity contribution in [3.05, 3.63) is 11.8 Å². The van der Waals surface area contributed by atoms with Crippen molar-refractivity contribution >= 4 is 31.5 Å². The Bertz CT molecular complexity index is 1170. The highest BCUT2D eigenvalue weighted by molar-refractivity contribution is 7.90. The Balaban J connectivity index is 2.31. The Hall–Kier alpha value is -2.88. The molecule has 2 atom stereocenters. The Kier molecular flexibility index (Phi) is 7.15. The molecule has 0 fully saturated rings. The van der Waals surface area contributed by atoms with Gasteiger partial charge in [0.05, 0.1) is 5.92 Å². The van der Waals surface area contributed by atoms with Gasteiger partial charge in [-0.1, -0.05) is 24.0 Å². The van der Waals surface area contributed by atoms with E-state index in [1.807, 2.05) is 0 Å². The van der Waals surface area contributed by atoms with Crippen LogP contribution in [0.2, 0.25) is 0 Å². The predicted octanol–water partition coefficient (Wildman–Crippen LogP) is -1.40. The van der Waals surface area contributed by atoms with Crippen LogP contribution in [-0.2, 0) is 35.7 Å². The number of carbonyl (C=O) groups is 2. The number of nitrogens with one attached hydrogen (secondary N) is 1. The van der Waals surface area contributed by atoms with Crippen LogP contribution in [0, 0.1) is 5.92 Å². The molecule has 2 aromatic heterocycles. The number of primary amides is 1. The van der Waals surface area contributed by atoms with Crippen LogP contribution in [0.4, 0.5) is 0 Å². The summed E-state index contributed by atoms with van der Waals surface area (Å²) in [5, 5.41) is 15.4. The molecule has 0 aromatic carbocycles. The zero-order valence-corrected chi connectivity index (χ0v) is 18.7. The van der Waals surface area contributed by atoms with E-state index in [4.69, 9.17) is 14.6 Å². The molecule has 0 aliphatic heterocycles. The average molecular weight is 479 g/mol. The van der Waals surface area contributed by atoms with Crippen LogP contribution in [-0.4, -0.2) is 67.6 Å². The largest absolute Gasteiger partial charge is 0.413 e. The predicted molar refractivity (Wildman–Crippen MR) is 102 cm³/mol. The first-order valence-corrected chi connectivity index (χ1v) is 12.6. The Morgan fingerprint density at radius 1 is 0.968 bits per heavy atom. The molecule has 2 rings (SSSR count). The molecule has 0 spiro atoms. The number of sulfone groups is 2. The number of carbonyl (C=O) groups excluding carboxylic acids is 2. The monoisotopic (exact) mass is 478 g/mol. The maximum Gasteiger partial charge on any atom is 0.335 e. The maximum absolute atomic E-state index is 12.5. The molecule has 0 saturated heterocycles. The number of aromatic nitrogens is 4. The van der Waals surface area contributed by atoms with E-state index in [2.05, 4.69) is 25.7 Å². The van der Waals surface area contributed by atoms with Gasteiger partial charge in [0, 0.05) is 25.4 Å². The lowest BCUT2D eigenvalue weighted by atomic mass is 9.99. The molecule has 0 radical (unpaired) electrons. The van der Waals surface area contributed by atoms with Gasteiger partial charge in [0.2, 0.25) is 43.3 Å². The molecule has 2 amide bonds. The number of rotatable bonds is 10. The van der Waals surface area contributed by atoms with Crippen LogP contribution in [0.15, 0.2) is 19.3 Å². The molecule has 1 unspecified atom stereocenters. The first-order valence-electron chi connectivity index (χ1n) is 8.83. The molecule has 2 aromatic rings. The highest BCUT2D eigenvalue weighted by Gasteiger charge is 2.30. The minimum Gasteiger partial charge on any atom is -0.413 e. The number of nitrogens with two attached hydrogens (primary N) is 1. The molecule has 2 heterocycles. The Morgan fingerprint density at radius 3 is 1.97 bits per heavy atom. The molecule has 0 aliphatic carbocycles. The van der Waals surface area contributed by atoms with Gasteiger partial charge in [0.15, 0.2) is 0 Å². The minimum absolute atomic E-state index is 0.160. The normalized spacial score (nSPS) is 14.4. The van der Waals surface area contributed by atoms with Crippen LogP contribution in [0.5, 0.6) is 0 Å². The summed E-state index contributed by atoms with van der Waals surface area (Å²) in [6, 6.07) is -0.942. The van der Waals surface area contributed by atoms with E-state index in [1.165, 1.54) is 0 Å². The Morgan fingerprint density at radius 2 is 1.52 bits per heavy atom. The van der Waals surface area contributed by atoms with E-state index < -0.39 is 53.9 Å². The van der Waals surface area contributed by atoms with E-state index in [9.17, 15) is 26.4 Å². The fraction of sp³-hybridized carbons (Fsp3) is 0.600. The number of hydrogen-bond donors (Lipinski definition) is 2. The summed E-state index contributed by atoms with van der Waals surface area (Å²) in [4.78, 5) is 24.1. The third kappa shape index (κ3) is 6.55. The van der Waals surface area contributed by atoms with E-state index in [-0.39, 0.29) is 30.5 Å². The van der Waals surface area contributed by atoms with Gasteiger partial charge >= 0.3 is 10.4 Å². The van der Waals surface area contributed by atoms with Crippen LogP contribution >= 0.6 is 0 Å². The smallest absolute Gasteiger partial charge is 0.335 e. The van der Waals surface area contributed by atoms with Crippen molar-refractivity contribution in [2.75, 3.05) is 12.5 Å². The molecule has 0 aliphatic rings. The molecule has 0 bridgehead atoms. The highest BCUT2D eigenvalue weighted by Crippen LogP contribution is 2.25. The van der Waals surface area contributed by atoms with Gasteiger partial charge in [-0.15, -0.1) is 10.2 Å². The van der Waals surface area contributed by atoms with Crippen molar-refractivity contribution in [1.82, 2.24) is 25.7 Å². The third-order valence-corrected chi connectivity index (χ3v) is 5.60. The second-order valence-electron chi connectivity index (χ2n) is 7.21. The summed E-state index contributed by atoms with van der Waals surface area (Å²) in [5.41, 5.74) is 5.29. The van der Waals surface area contributed by atoms with E-state index in [0.717, 1.165) is 12.5 Å². The van der Waals surface area contributed by atoms with E-state index in [0.29, 0.717) is 0 Å². The van der Waals surface area contributed by atoms with Crippen molar-refractivity contribution in [3.63, 3.8) is 0 Å². The van der Waals surface area contributed by atoms with Gasteiger partial charge in [-0.3, -0.25) is 9.59 Å². The molecule has 14 nitrogen and oxygen atoms in total. The summed E-state index contributed by atoms with van der Waals surface area (Å²) in [6.07, 6.45) is 1.17.